The number of aryl methyl sites for hydroxylation is 2. The Balaban J connectivity index is 1.98. The van der Waals surface area contributed by atoms with Gasteiger partial charge in [-0.1, -0.05) is 5.16 Å². The largest absolute Gasteiger partial charge is 0.361 e. The van der Waals surface area contributed by atoms with Crippen molar-refractivity contribution in [3.63, 3.8) is 0 Å². The highest BCUT2D eigenvalue weighted by Crippen LogP contribution is 2.39. The fourth-order valence-electron chi connectivity index (χ4n) is 2.02. The van der Waals surface area contributed by atoms with E-state index in [1.54, 1.807) is 0 Å². The van der Waals surface area contributed by atoms with Crippen molar-refractivity contribution in [3.05, 3.63) is 17.0 Å². The zero-order valence-corrected chi connectivity index (χ0v) is 10.1. The molecule has 3 nitrogen and oxygen atoms in total. The second-order valence-electron chi connectivity index (χ2n) is 5.15. The monoisotopic (exact) mass is 208 g/mol. The summed E-state index contributed by atoms with van der Waals surface area (Å²) in [6.07, 6.45) is 2.73. The molecule has 2 rings (SSSR count). The van der Waals surface area contributed by atoms with E-state index in [1.165, 1.54) is 18.4 Å². The minimum absolute atomic E-state index is 0.246. The van der Waals surface area contributed by atoms with E-state index in [0.29, 0.717) is 0 Å². The van der Waals surface area contributed by atoms with Crippen molar-refractivity contribution in [2.24, 2.45) is 5.92 Å². The number of nitrogens with zero attached hydrogens (tertiary/aromatic N) is 1. The van der Waals surface area contributed by atoms with Crippen LogP contribution < -0.4 is 5.32 Å². The maximum atomic E-state index is 5.15. The molecule has 0 aliphatic heterocycles. The molecule has 15 heavy (non-hydrogen) atoms. The molecule has 84 valence electrons. The Kier molecular flexibility index (Phi) is 2.59. The van der Waals surface area contributed by atoms with Crippen LogP contribution in [0.4, 0.5) is 0 Å². The summed E-state index contributed by atoms with van der Waals surface area (Å²) in [5.41, 5.74) is 2.46. The Bertz CT molecular complexity index is 331. The third-order valence-corrected chi connectivity index (χ3v) is 3.50. The number of hydrogen-bond donors (Lipinski definition) is 1. The van der Waals surface area contributed by atoms with Crippen molar-refractivity contribution in [2.45, 2.75) is 52.6 Å². The van der Waals surface area contributed by atoms with E-state index in [4.69, 9.17) is 4.52 Å². The fraction of sp³-hybridized carbons (Fsp3) is 0.750. The van der Waals surface area contributed by atoms with Gasteiger partial charge in [-0.25, -0.2) is 0 Å². The summed E-state index contributed by atoms with van der Waals surface area (Å²) in [5, 5.41) is 7.57. The van der Waals surface area contributed by atoms with Gasteiger partial charge in [0.1, 0.15) is 5.76 Å². The summed E-state index contributed by atoms with van der Waals surface area (Å²) in [6, 6.07) is 0. The lowest BCUT2D eigenvalue weighted by molar-refractivity contribution is 0.337. The van der Waals surface area contributed by atoms with Crippen LogP contribution in [0.2, 0.25) is 0 Å². The first kappa shape index (κ1) is 10.7. The summed E-state index contributed by atoms with van der Waals surface area (Å²) in [6.45, 7) is 9.40. The van der Waals surface area contributed by atoms with Crippen molar-refractivity contribution in [1.82, 2.24) is 10.5 Å². The predicted octanol–water partition coefficient (Wildman–Crippen LogP) is 2.57. The molecular formula is C12H20N2O. The van der Waals surface area contributed by atoms with Gasteiger partial charge in [0.15, 0.2) is 0 Å². The minimum Gasteiger partial charge on any atom is -0.361 e. The van der Waals surface area contributed by atoms with E-state index < -0.39 is 0 Å². The molecule has 0 spiro atoms. The van der Waals surface area contributed by atoms with Crippen LogP contribution in [0.25, 0.3) is 0 Å². The summed E-state index contributed by atoms with van der Waals surface area (Å²) in [5.74, 6) is 1.78. The molecular weight excluding hydrogens is 188 g/mol. The van der Waals surface area contributed by atoms with Gasteiger partial charge >= 0.3 is 0 Å². The molecule has 0 aromatic carbocycles. The molecule has 1 aliphatic rings. The van der Waals surface area contributed by atoms with Gasteiger partial charge in [0.2, 0.25) is 0 Å². The average Bonchev–Trinajstić information content (AvgIpc) is 2.94. The quantitative estimate of drug-likeness (QED) is 0.826. The second kappa shape index (κ2) is 3.63. The molecule has 1 fully saturated rings. The van der Waals surface area contributed by atoms with E-state index in [9.17, 15) is 0 Å². The Morgan fingerprint density at radius 3 is 2.53 bits per heavy atom. The van der Waals surface area contributed by atoms with Gasteiger partial charge in [-0.2, -0.15) is 0 Å². The molecule has 0 atom stereocenters. The first-order valence-electron chi connectivity index (χ1n) is 5.67. The summed E-state index contributed by atoms with van der Waals surface area (Å²) in [7, 11) is 0. The Hall–Kier alpha value is -0.830. The van der Waals surface area contributed by atoms with Crippen LogP contribution in [-0.2, 0) is 6.54 Å². The Morgan fingerprint density at radius 1 is 1.40 bits per heavy atom. The van der Waals surface area contributed by atoms with Gasteiger partial charge in [-0.15, -0.1) is 0 Å². The lowest BCUT2D eigenvalue weighted by Gasteiger charge is -2.26. The van der Waals surface area contributed by atoms with Gasteiger partial charge in [-0.05, 0) is 46.5 Å². The van der Waals surface area contributed by atoms with Crippen LogP contribution in [-0.4, -0.2) is 10.7 Å². The van der Waals surface area contributed by atoms with E-state index in [0.717, 1.165) is 23.9 Å². The average molecular weight is 208 g/mol. The molecule has 0 saturated heterocycles. The molecule has 1 heterocycles. The zero-order chi connectivity index (χ0) is 11.1. The number of nitrogens with one attached hydrogen (secondary N) is 1. The molecule has 1 saturated carbocycles. The molecule has 1 aromatic rings. The van der Waals surface area contributed by atoms with Crippen LogP contribution in [0.5, 0.6) is 0 Å². The maximum absolute atomic E-state index is 5.15. The maximum Gasteiger partial charge on any atom is 0.138 e. The van der Waals surface area contributed by atoms with E-state index in [1.807, 2.05) is 13.8 Å². The first-order valence-corrected chi connectivity index (χ1v) is 5.67. The highest BCUT2D eigenvalue weighted by Gasteiger charge is 2.37. The zero-order valence-electron chi connectivity index (χ0n) is 10.1. The van der Waals surface area contributed by atoms with E-state index >= 15 is 0 Å². The van der Waals surface area contributed by atoms with Crippen molar-refractivity contribution in [2.75, 3.05) is 0 Å². The molecule has 1 aromatic heterocycles. The van der Waals surface area contributed by atoms with E-state index in [2.05, 4.69) is 24.3 Å². The molecule has 0 unspecified atom stereocenters. The van der Waals surface area contributed by atoms with Gasteiger partial charge in [0.05, 0.1) is 5.69 Å². The van der Waals surface area contributed by atoms with Gasteiger partial charge in [0.25, 0.3) is 0 Å². The van der Waals surface area contributed by atoms with Crippen LogP contribution in [0.1, 0.15) is 43.7 Å². The van der Waals surface area contributed by atoms with Gasteiger partial charge in [0, 0.05) is 17.6 Å². The Morgan fingerprint density at radius 2 is 2.07 bits per heavy atom. The summed E-state index contributed by atoms with van der Waals surface area (Å²) >= 11 is 0. The van der Waals surface area contributed by atoms with Crippen molar-refractivity contribution >= 4 is 0 Å². The second-order valence-corrected chi connectivity index (χ2v) is 5.15. The van der Waals surface area contributed by atoms with Crippen molar-refractivity contribution < 1.29 is 4.52 Å². The number of rotatable bonds is 4. The third-order valence-electron chi connectivity index (χ3n) is 3.50. The highest BCUT2D eigenvalue weighted by molar-refractivity contribution is 5.20. The molecule has 0 bridgehead atoms. The highest BCUT2D eigenvalue weighted by atomic mass is 16.5. The number of aromatic nitrogens is 1. The van der Waals surface area contributed by atoms with Crippen LogP contribution in [0, 0.1) is 19.8 Å². The fourth-order valence-corrected chi connectivity index (χ4v) is 2.02. The normalized spacial score (nSPS) is 17.1. The molecule has 3 heteroatoms. The molecule has 1 N–H and O–H groups in total. The lowest BCUT2D eigenvalue weighted by atomic mass is 9.98. The Labute approximate surface area is 91.2 Å². The van der Waals surface area contributed by atoms with Gasteiger partial charge < -0.3 is 9.84 Å². The van der Waals surface area contributed by atoms with E-state index in [-0.39, 0.29) is 5.54 Å². The lowest BCUT2D eigenvalue weighted by Crippen LogP contribution is -2.40. The van der Waals surface area contributed by atoms with Crippen LogP contribution in [0.3, 0.4) is 0 Å². The third kappa shape index (κ3) is 2.23. The smallest absolute Gasteiger partial charge is 0.138 e. The molecule has 0 radical (unpaired) electrons. The standard InChI is InChI=1S/C12H20N2O/c1-8-11(9(2)15-14-8)7-13-12(3,4)10-5-6-10/h10,13H,5-7H2,1-4H3. The van der Waals surface area contributed by atoms with Crippen LogP contribution in [0.15, 0.2) is 4.52 Å². The predicted molar refractivity (Wildman–Crippen MR) is 59.6 cm³/mol. The number of hydrogen-bond acceptors (Lipinski definition) is 3. The van der Waals surface area contributed by atoms with Crippen molar-refractivity contribution in [1.29, 1.82) is 0 Å². The minimum atomic E-state index is 0.246. The first-order chi connectivity index (χ1) is 7.00. The summed E-state index contributed by atoms with van der Waals surface area (Å²) < 4.78 is 5.15. The summed E-state index contributed by atoms with van der Waals surface area (Å²) in [4.78, 5) is 0. The van der Waals surface area contributed by atoms with Crippen molar-refractivity contribution in [3.8, 4) is 0 Å². The SMILES string of the molecule is Cc1noc(C)c1CNC(C)(C)C1CC1. The molecule has 1 aliphatic carbocycles. The topological polar surface area (TPSA) is 38.1 Å². The molecule has 0 amide bonds. The van der Waals surface area contributed by atoms with Gasteiger partial charge in [-0.3, -0.25) is 0 Å². The van der Waals surface area contributed by atoms with Crippen LogP contribution >= 0.6 is 0 Å².